The molecular weight excluding hydrogens is 420 g/mol. The van der Waals surface area contributed by atoms with E-state index in [1.165, 1.54) is 0 Å². The zero-order valence-electron chi connectivity index (χ0n) is 18.1. The standard InChI is InChI=1S/C25H24N4O4/c30-23(27-13-9-25(10-14-27)32-15-16-33-25)19-7-5-18(6-8-19)17-29-22-20(3-1-11-26-22)28-12-2-4-21(28)24(29)31/h1-8,11-12H,9-10,13-17H2. The van der Waals surface area contributed by atoms with E-state index < -0.39 is 5.79 Å². The van der Waals surface area contributed by atoms with Crippen molar-refractivity contribution in [2.75, 3.05) is 26.3 Å². The van der Waals surface area contributed by atoms with E-state index in [1.54, 1.807) is 10.8 Å². The summed E-state index contributed by atoms with van der Waals surface area (Å²) in [5.74, 6) is -0.487. The largest absolute Gasteiger partial charge is 0.347 e. The molecule has 8 heteroatoms. The smallest absolute Gasteiger partial charge is 0.276 e. The number of carbonyl (C=O) groups is 1. The monoisotopic (exact) mass is 444 g/mol. The van der Waals surface area contributed by atoms with Crippen molar-refractivity contribution in [2.45, 2.75) is 25.2 Å². The first-order chi connectivity index (χ1) is 16.1. The minimum atomic E-state index is -0.494. The molecule has 2 fully saturated rings. The van der Waals surface area contributed by atoms with Crippen LogP contribution in [0.1, 0.15) is 28.8 Å². The number of carbonyl (C=O) groups excluding carboxylic acids is 1. The molecular formula is C25H24N4O4. The SMILES string of the molecule is O=C(c1ccc(Cn2c(=O)c3cccn3c3cccnc32)cc1)N1CCC2(CC1)OCCO2. The third-order valence-electron chi connectivity index (χ3n) is 6.66. The molecule has 0 N–H and O–H groups in total. The van der Waals surface area contributed by atoms with Crippen LogP contribution in [-0.4, -0.2) is 56.8 Å². The summed E-state index contributed by atoms with van der Waals surface area (Å²) in [6.07, 6.45) is 4.96. The van der Waals surface area contributed by atoms with Crippen LogP contribution in [0.25, 0.3) is 16.7 Å². The van der Waals surface area contributed by atoms with Gasteiger partial charge in [0.25, 0.3) is 11.5 Å². The number of pyridine rings is 1. The number of benzene rings is 1. The Kier molecular flexibility index (Phi) is 4.78. The summed E-state index contributed by atoms with van der Waals surface area (Å²) < 4.78 is 15.1. The Balaban J connectivity index is 1.23. The lowest BCUT2D eigenvalue weighted by molar-refractivity contribution is -0.181. The average molecular weight is 444 g/mol. The van der Waals surface area contributed by atoms with E-state index in [9.17, 15) is 9.59 Å². The Morgan fingerprint density at radius 3 is 2.45 bits per heavy atom. The normalized spacial score (nSPS) is 17.9. The maximum absolute atomic E-state index is 13.1. The molecule has 0 saturated carbocycles. The van der Waals surface area contributed by atoms with Crippen molar-refractivity contribution in [1.82, 2.24) is 18.9 Å². The first-order valence-electron chi connectivity index (χ1n) is 11.2. The number of aromatic nitrogens is 3. The first kappa shape index (κ1) is 20.1. The quantitative estimate of drug-likeness (QED) is 0.486. The van der Waals surface area contributed by atoms with Crippen LogP contribution in [0.3, 0.4) is 0 Å². The van der Waals surface area contributed by atoms with Crippen LogP contribution in [0.4, 0.5) is 0 Å². The van der Waals surface area contributed by atoms with Crippen molar-refractivity contribution >= 4 is 22.6 Å². The van der Waals surface area contributed by atoms with Gasteiger partial charge in [0.05, 0.1) is 25.3 Å². The van der Waals surface area contributed by atoms with Crippen LogP contribution >= 0.6 is 0 Å². The maximum atomic E-state index is 13.1. The highest BCUT2D eigenvalue weighted by molar-refractivity contribution is 5.94. The molecule has 2 saturated heterocycles. The van der Waals surface area contributed by atoms with E-state index in [-0.39, 0.29) is 11.5 Å². The molecule has 5 heterocycles. The molecule has 2 aliphatic heterocycles. The molecule has 0 bridgehead atoms. The third-order valence-corrected chi connectivity index (χ3v) is 6.66. The van der Waals surface area contributed by atoms with Crippen LogP contribution < -0.4 is 5.56 Å². The number of likely N-dealkylation sites (tertiary alicyclic amines) is 1. The molecule has 0 unspecified atom stereocenters. The van der Waals surface area contributed by atoms with E-state index in [0.717, 1.165) is 11.1 Å². The van der Waals surface area contributed by atoms with Gasteiger partial charge in [0, 0.05) is 43.9 Å². The van der Waals surface area contributed by atoms with Gasteiger partial charge in [-0.2, -0.15) is 0 Å². The summed E-state index contributed by atoms with van der Waals surface area (Å²) in [5.41, 5.74) is 3.60. The van der Waals surface area contributed by atoms with Gasteiger partial charge in [0.15, 0.2) is 11.4 Å². The molecule has 0 aliphatic carbocycles. The molecule has 1 spiro atoms. The van der Waals surface area contributed by atoms with E-state index in [0.29, 0.717) is 62.4 Å². The third kappa shape index (κ3) is 3.42. The fraction of sp³-hybridized carbons (Fsp3) is 0.320. The Labute approximate surface area is 190 Å². The van der Waals surface area contributed by atoms with Crippen LogP contribution in [0.2, 0.25) is 0 Å². The number of fused-ring (bicyclic) bond motifs is 3. The van der Waals surface area contributed by atoms with Crippen molar-refractivity contribution in [2.24, 2.45) is 0 Å². The lowest BCUT2D eigenvalue weighted by Gasteiger charge is -2.37. The highest BCUT2D eigenvalue weighted by Gasteiger charge is 2.40. The summed E-state index contributed by atoms with van der Waals surface area (Å²) in [7, 11) is 0. The van der Waals surface area contributed by atoms with Crippen LogP contribution in [0, 0.1) is 0 Å². The fourth-order valence-electron chi connectivity index (χ4n) is 4.88. The van der Waals surface area contributed by atoms with Crippen molar-refractivity contribution < 1.29 is 14.3 Å². The number of hydrogen-bond donors (Lipinski definition) is 0. The average Bonchev–Trinajstić information content (AvgIpc) is 3.53. The minimum absolute atomic E-state index is 0.00767. The molecule has 8 nitrogen and oxygen atoms in total. The molecule has 2 aliphatic rings. The van der Waals surface area contributed by atoms with E-state index in [2.05, 4.69) is 4.98 Å². The number of amides is 1. The zero-order chi connectivity index (χ0) is 22.4. The van der Waals surface area contributed by atoms with Crippen molar-refractivity contribution in [3.8, 4) is 0 Å². The second-order valence-corrected chi connectivity index (χ2v) is 8.60. The molecule has 1 aromatic carbocycles. The van der Waals surface area contributed by atoms with Crippen LogP contribution in [-0.2, 0) is 16.0 Å². The van der Waals surface area contributed by atoms with E-state index in [1.807, 2.05) is 64.0 Å². The molecule has 4 aromatic rings. The molecule has 33 heavy (non-hydrogen) atoms. The first-order valence-corrected chi connectivity index (χ1v) is 11.2. The number of ether oxygens (including phenoxy) is 2. The second-order valence-electron chi connectivity index (χ2n) is 8.60. The van der Waals surface area contributed by atoms with Gasteiger partial charge in [-0.15, -0.1) is 0 Å². The van der Waals surface area contributed by atoms with Gasteiger partial charge in [-0.25, -0.2) is 4.98 Å². The minimum Gasteiger partial charge on any atom is -0.347 e. The van der Waals surface area contributed by atoms with Crippen LogP contribution in [0.5, 0.6) is 0 Å². The van der Waals surface area contributed by atoms with E-state index >= 15 is 0 Å². The fourth-order valence-corrected chi connectivity index (χ4v) is 4.88. The highest BCUT2D eigenvalue weighted by atomic mass is 16.7. The zero-order valence-corrected chi connectivity index (χ0v) is 18.1. The second kappa shape index (κ2) is 7.83. The van der Waals surface area contributed by atoms with Gasteiger partial charge in [-0.05, 0) is 42.0 Å². The Hall–Kier alpha value is -3.49. The molecule has 168 valence electrons. The van der Waals surface area contributed by atoms with E-state index in [4.69, 9.17) is 9.47 Å². The number of nitrogens with zero attached hydrogens (tertiary/aromatic N) is 4. The van der Waals surface area contributed by atoms with Gasteiger partial charge in [0.2, 0.25) is 0 Å². The molecule has 0 radical (unpaired) electrons. The van der Waals surface area contributed by atoms with Gasteiger partial charge >= 0.3 is 0 Å². The highest BCUT2D eigenvalue weighted by Crippen LogP contribution is 2.31. The Morgan fingerprint density at radius 1 is 0.970 bits per heavy atom. The van der Waals surface area contributed by atoms with Crippen molar-refractivity contribution in [1.29, 1.82) is 0 Å². The van der Waals surface area contributed by atoms with Crippen LogP contribution in [0.15, 0.2) is 65.7 Å². The summed E-state index contributed by atoms with van der Waals surface area (Å²) in [6, 6.07) is 15.0. The summed E-state index contributed by atoms with van der Waals surface area (Å²) in [6.45, 7) is 2.86. The lowest BCUT2D eigenvalue weighted by atomic mass is 10.0. The summed E-state index contributed by atoms with van der Waals surface area (Å²) in [5, 5.41) is 0. The topological polar surface area (TPSA) is 78.1 Å². The van der Waals surface area contributed by atoms with Crippen molar-refractivity contribution in [3.05, 3.63) is 82.4 Å². The number of rotatable bonds is 3. The molecule has 0 atom stereocenters. The van der Waals surface area contributed by atoms with Gasteiger partial charge in [0.1, 0.15) is 5.52 Å². The van der Waals surface area contributed by atoms with Gasteiger partial charge < -0.3 is 18.8 Å². The summed E-state index contributed by atoms with van der Waals surface area (Å²) >= 11 is 0. The van der Waals surface area contributed by atoms with Gasteiger partial charge in [-0.1, -0.05) is 12.1 Å². The summed E-state index contributed by atoms with van der Waals surface area (Å²) in [4.78, 5) is 32.4. The van der Waals surface area contributed by atoms with Gasteiger partial charge in [-0.3, -0.25) is 14.2 Å². The maximum Gasteiger partial charge on any atom is 0.276 e. The Morgan fingerprint density at radius 2 is 1.70 bits per heavy atom. The molecule has 6 rings (SSSR count). The predicted octanol–water partition coefficient (Wildman–Crippen LogP) is 2.68. The van der Waals surface area contributed by atoms with Crippen molar-refractivity contribution in [3.63, 3.8) is 0 Å². The molecule has 3 aromatic heterocycles. The lowest BCUT2D eigenvalue weighted by Crippen LogP contribution is -2.47. The Bertz CT molecular complexity index is 1390. The number of hydrogen-bond acceptors (Lipinski definition) is 5. The number of piperidine rings is 1. The predicted molar refractivity (Wildman–Crippen MR) is 122 cm³/mol. The molecule has 1 amide bonds.